The van der Waals surface area contributed by atoms with Crippen LogP contribution in [0.15, 0.2) is 18.6 Å². The van der Waals surface area contributed by atoms with E-state index in [2.05, 4.69) is 26.0 Å². The molecular weight excluding hydrogens is 270 g/mol. The van der Waals surface area contributed by atoms with Crippen molar-refractivity contribution in [2.24, 2.45) is 5.84 Å². The molecule has 0 radical (unpaired) electrons. The van der Waals surface area contributed by atoms with Crippen molar-refractivity contribution in [2.45, 2.75) is 32.7 Å². The highest BCUT2D eigenvalue weighted by atomic mass is 16.1. The Morgan fingerprint density at radius 1 is 1.43 bits per heavy atom. The predicted molar refractivity (Wildman–Crippen MR) is 81.8 cm³/mol. The summed E-state index contributed by atoms with van der Waals surface area (Å²) in [6, 6.07) is 0. The molecule has 2 rings (SSSR count). The molecule has 2 aromatic rings. The number of nitrogens with two attached hydrogens (primary N) is 1. The molecule has 8 nitrogen and oxygen atoms in total. The van der Waals surface area contributed by atoms with Gasteiger partial charge in [0.05, 0.1) is 6.20 Å². The summed E-state index contributed by atoms with van der Waals surface area (Å²) < 4.78 is 1.81. The summed E-state index contributed by atoms with van der Waals surface area (Å²) >= 11 is 0. The van der Waals surface area contributed by atoms with Gasteiger partial charge in [0.25, 0.3) is 0 Å². The van der Waals surface area contributed by atoms with Gasteiger partial charge in [-0.3, -0.25) is 4.79 Å². The van der Waals surface area contributed by atoms with Gasteiger partial charge < -0.3 is 20.5 Å². The molecule has 0 aliphatic heterocycles. The lowest BCUT2D eigenvalue weighted by atomic mass is 10.1. The lowest BCUT2D eigenvalue weighted by molar-refractivity contribution is -0.122. The maximum Gasteiger partial charge on any atom is 0.222 e. The molecule has 0 spiro atoms. The molecule has 2 aromatic heterocycles. The normalized spacial score (nSPS) is 11.4. The van der Waals surface area contributed by atoms with E-state index in [1.807, 2.05) is 20.8 Å². The molecule has 21 heavy (non-hydrogen) atoms. The molecular formula is C13H21N7O. The molecule has 1 amide bonds. The highest BCUT2D eigenvalue weighted by molar-refractivity contribution is 5.77. The summed E-state index contributed by atoms with van der Waals surface area (Å²) in [4.78, 5) is 20.3. The Morgan fingerprint density at radius 2 is 2.19 bits per heavy atom. The number of anilines is 2. The maximum absolute atomic E-state index is 11.8. The minimum atomic E-state index is -0.227. The monoisotopic (exact) mass is 291 g/mol. The van der Waals surface area contributed by atoms with Crippen molar-refractivity contribution in [3.05, 3.63) is 18.6 Å². The van der Waals surface area contributed by atoms with Crippen molar-refractivity contribution in [2.75, 3.05) is 17.3 Å². The summed E-state index contributed by atoms with van der Waals surface area (Å²) in [5.41, 5.74) is 2.96. The molecule has 0 aromatic carbocycles. The second kappa shape index (κ2) is 5.96. The van der Waals surface area contributed by atoms with Crippen LogP contribution in [0.2, 0.25) is 0 Å². The van der Waals surface area contributed by atoms with E-state index >= 15 is 0 Å². The standard InChI is InChI=1S/C13H21N7O/c1-13(2,3)18-10(21)4-5-15-11-12-16-6-7-20(12)8-9(17-11)19-14/h6-8,19H,4-5,14H2,1-3H3,(H,15,17)(H,18,21). The third-order valence-corrected chi connectivity index (χ3v) is 2.68. The van der Waals surface area contributed by atoms with Crippen LogP contribution in [0.3, 0.4) is 0 Å². The fraction of sp³-hybridized carbons (Fsp3) is 0.462. The second-order valence-corrected chi connectivity index (χ2v) is 5.75. The molecule has 8 heteroatoms. The highest BCUT2D eigenvalue weighted by Gasteiger charge is 2.13. The van der Waals surface area contributed by atoms with Crippen LogP contribution in [0, 0.1) is 0 Å². The number of hydrogen-bond acceptors (Lipinski definition) is 6. The third kappa shape index (κ3) is 4.06. The fourth-order valence-corrected chi connectivity index (χ4v) is 1.90. The van der Waals surface area contributed by atoms with E-state index in [1.54, 1.807) is 23.0 Å². The Morgan fingerprint density at radius 3 is 2.86 bits per heavy atom. The van der Waals surface area contributed by atoms with Gasteiger partial charge in [-0.1, -0.05) is 0 Å². The number of nitrogens with one attached hydrogen (secondary N) is 3. The van der Waals surface area contributed by atoms with Crippen LogP contribution in [-0.4, -0.2) is 32.4 Å². The first-order valence-corrected chi connectivity index (χ1v) is 6.74. The zero-order valence-electron chi connectivity index (χ0n) is 12.5. The van der Waals surface area contributed by atoms with Crippen LogP contribution in [0.5, 0.6) is 0 Å². The Labute approximate surface area is 123 Å². The zero-order valence-corrected chi connectivity index (χ0v) is 12.5. The SMILES string of the molecule is CC(C)(C)NC(=O)CCNc1nc(NN)cn2ccnc12. The molecule has 0 fully saturated rings. The van der Waals surface area contributed by atoms with E-state index < -0.39 is 0 Å². The summed E-state index contributed by atoms with van der Waals surface area (Å²) in [5.74, 6) is 6.47. The van der Waals surface area contributed by atoms with Crippen molar-refractivity contribution in [1.29, 1.82) is 0 Å². The van der Waals surface area contributed by atoms with Crippen molar-refractivity contribution in [3.63, 3.8) is 0 Å². The Balaban J connectivity index is 2.00. The number of hydrogen-bond donors (Lipinski definition) is 4. The number of rotatable bonds is 5. The van der Waals surface area contributed by atoms with Gasteiger partial charge in [-0.15, -0.1) is 0 Å². The van der Waals surface area contributed by atoms with Gasteiger partial charge in [0.1, 0.15) is 0 Å². The van der Waals surface area contributed by atoms with Gasteiger partial charge in [0, 0.05) is 30.9 Å². The van der Waals surface area contributed by atoms with Crippen LogP contribution in [0.25, 0.3) is 5.65 Å². The van der Waals surface area contributed by atoms with Gasteiger partial charge in [-0.05, 0) is 20.8 Å². The number of carbonyl (C=O) groups excluding carboxylic acids is 1. The molecule has 0 atom stereocenters. The number of aromatic nitrogens is 3. The van der Waals surface area contributed by atoms with Crippen molar-refractivity contribution in [3.8, 4) is 0 Å². The topological polar surface area (TPSA) is 109 Å². The molecule has 0 aliphatic carbocycles. The number of nitrogen functional groups attached to an aromatic ring is 1. The van der Waals surface area contributed by atoms with Crippen molar-refractivity contribution < 1.29 is 4.79 Å². The van der Waals surface area contributed by atoms with Crippen molar-refractivity contribution >= 4 is 23.2 Å². The molecule has 114 valence electrons. The van der Waals surface area contributed by atoms with E-state index in [9.17, 15) is 4.79 Å². The van der Waals surface area contributed by atoms with E-state index in [-0.39, 0.29) is 11.4 Å². The number of fused-ring (bicyclic) bond motifs is 1. The van der Waals surface area contributed by atoms with E-state index in [0.717, 1.165) is 0 Å². The van der Waals surface area contributed by atoms with Gasteiger partial charge in [0.2, 0.25) is 5.91 Å². The van der Waals surface area contributed by atoms with Gasteiger partial charge in [-0.2, -0.15) is 0 Å². The summed E-state index contributed by atoms with van der Waals surface area (Å²) in [5, 5.41) is 6.02. The molecule has 0 aliphatic rings. The lowest BCUT2D eigenvalue weighted by Gasteiger charge is -2.20. The highest BCUT2D eigenvalue weighted by Crippen LogP contribution is 2.15. The molecule has 0 saturated carbocycles. The summed E-state index contributed by atoms with van der Waals surface area (Å²) in [7, 11) is 0. The average Bonchev–Trinajstić information content (AvgIpc) is 2.84. The number of nitrogens with zero attached hydrogens (tertiary/aromatic N) is 3. The lowest BCUT2D eigenvalue weighted by Crippen LogP contribution is -2.41. The van der Waals surface area contributed by atoms with E-state index in [0.29, 0.717) is 30.2 Å². The van der Waals surface area contributed by atoms with Crippen molar-refractivity contribution in [1.82, 2.24) is 19.7 Å². The van der Waals surface area contributed by atoms with Crippen LogP contribution < -0.4 is 21.9 Å². The minimum absolute atomic E-state index is 0.0116. The number of hydrazine groups is 1. The molecule has 0 unspecified atom stereocenters. The van der Waals surface area contributed by atoms with Gasteiger partial charge in [0.15, 0.2) is 17.3 Å². The zero-order chi connectivity index (χ0) is 15.5. The minimum Gasteiger partial charge on any atom is -0.366 e. The number of carbonyl (C=O) groups is 1. The van der Waals surface area contributed by atoms with Crippen LogP contribution in [0.4, 0.5) is 11.6 Å². The Kier molecular flexibility index (Phi) is 4.27. The molecule has 0 bridgehead atoms. The van der Waals surface area contributed by atoms with E-state index in [4.69, 9.17) is 5.84 Å². The number of imidazole rings is 1. The first-order valence-electron chi connectivity index (χ1n) is 6.74. The number of amides is 1. The van der Waals surface area contributed by atoms with Crippen LogP contribution >= 0.6 is 0 Å². The summed E-state index contributed by atoms with van der Waals surface area (Å²) in [6.45, 7) is 6.31. The van der Waals surface area contributed by atoms with Crippen LogP contribution in [-0.2, 0) is 4.79 Å². The first kappa shape index (κ1) is 15.0. The van der Waals surface area contributed by atoms with Gasteiger partial charge in [-0.25, -0.2) is 15.8 Å². The molecule has 2 heterocycles. The third-order valence-electron chi connectivity index (χ3n) is 2.68. The largest absolute Gasteiger partial charge is 0.366 e. The smallest absolute Gasteiger partial charge is 0.222 e. The summed E-state index contributed by atoms with van der Waals surface area (Å²) in [6.07, 6.45) is 5.57. The quantitative estimate of drug-likeness (QED) is 0.477. The van der Waals surface area contributed by atoms with Gasteiger partial charge >= 0.3 is 0 Å². The fourth-order valence-electron chi connectivity index (χ4n) is 1.90. The molecule has 0 saturated heterocycles. The first-order chi connectivity index (χ1) is 9.89. The predicted octanol–water partition coefficient (Wildman–Crippen LogP) is 0.732. The average molecular weight is 291 g/mol. The van der Waals surface area contributed by atoms with Crippen LogP contribution in [0.1, 0.15) is 27.2 Å². The van der Waals surface area contributed by atoms with E-state index in [1.165, 1.54) is 0 Å². The molecule has 5 N–H and O–H groups in total. The second-order valence-electron chi connectivity index (χ2n) is 5.75. The Bertz CT molecular complexity index is 629. The Hall–Kier alpha value is -2.35. The maximum atomic E-state index is 11.8.